The van der Waals surface area contributed by atoms with Gasteiger partial charge in [0.15, 0.2) is 0 Å². The molecule has 0 saturated heterocycles. The summed E-state index contributed by atoms with van der Waals surface area (Å²) in [6.45, 7) is 1.85. The number of rotatable bonds is 2. The third-order valence-corrected chi connectivity index (χ3v) is 3.77. The summed E-state index contributed by atoms with van der Waals surface area (Å²) in [5.74, 6) is -0.0984. The van der Waals surface area contributed by atoms with E-state index in [4.69, 9.17) is 0 Å². The van der Waals surface area contributed by atoms with Crippen molar-refractivity contribution >= 4 is 39.3 Å². The Kier molecular flexibility index (Phi) is 3.71. The third-order valence-electron chi connectivity index (χ3n) is 3.24. The number of hydrogen-bond donors (Lipinski definition) is 0. The van der Waals surface area contributed by atoms with Crippen LogP contribution in [0.4, 0.5) is 5.69 Å². The first-order valence-corrected chi connectivity index (χ1v) is 7.37. The molecule has 0 bridgehead atoms. The van der Waals surface area contributed by atoms with Gasteiger partial charge in [0.2, 0.25) is 0 Å². The van der Waals surface area contributed by atoms with Crippen molar-refractivity contribution in [2.45, 2.75) is 6.92 Å². The number of nitrogens with zero attached hydrogens (tertiary/aromatic N) is 2. The Morgan fingerprint density at radius 3 is 2.38 bits per heavy atom. The minimum Gasteiger partial charge on any atom is -0.267 e. The summed E-state index contributed by atoms with van der Waals surface area (Å²) < 4.78 is 0.971. The van der Waals surface area contributed by atoms with Crippen molar-refractivity contribution < 1.29 is 4.79 Å². The van der Waals surface area contributed by atoms with Crippen LogP contribution in [0.5, 0.6) is 0 Å². The van der Waals surface area contributed by atoms with Crippen molar-refractivity contribution in [2.24, 2.45) is 5.10 Å². The molecule has 0 N–H and O–H groups in total. The molecule has 0 saturated carbocycles. The second-order valence-electron chi connectivity index (χ2n) is 4.75. The van der Waals surface area contributed by atoms with Gasteiger partial charge in [-0.3, -0.25) is 4.79 Å². The highest BCUT2D eigenvalue weighted by Gasteiger charge is 2.28. The molecule has 21 heavy (non-hydrogen) atoms. The van der Waals surface area contributed by atoms with Crippen LogP contribution in [0.15, 0.2) is 69.7 Å². The highest BCUT2D eigenvalue weighted by atomic mass is 79.9. The zero-order valence-electron chi connectivity index (χ0n) is 11.5. The number of halogens is 1. The summed E-state index contributed by atoms with van der Waals surface area (Å²) in [5, 5.41) is 5.80. The lowest BCUT2D eigenvalue weighted by molar-refractivity contribution is -0.114. The molecule has 3 rings (SSSR count). The van der Waals surface area contributed by atoms with Gasteiger partial charge in [-0.25, -0.2) is 0 Å². The Balaban J connectivity index is 1.94. The van der Waals surface area contributed by atoms with Crippen molar-refractivity contribution in [2.75, 3.05) is 5.01 Å². The highest BCUT2D eigenvalue weighted by Crippen LogP contribution is 2.26. The predicted octanol–water partition coefficient (Wildman–Crippen LogP) is 4.26. The summed E-state index contributed by atoms with van der Waals surface area (Å²) >= 11 is 3.39. The maximum absolute atomic E-state index is 12.5. The van der Waals surface area contributed by atoms with Gasteiger partial charge in [-0.15, -0.1) is 0 Å². The highest BCUT2D eigenvalue weighted by molar-refractivity contribution is 9.10. The molecule has 0 spiro atoms. The SMILES string of the molecule is CC1=NN(c2ccc(Br)cc2)C(=O)/C1=C\c1ccccc1. The minimum absolute atomic E-state index is 0.0984. The van der Waals surface area contributed by atoms with Crippen LogP contribution >= 0.6 is 15.9 Å². The average molecular weight is 341 g/mol. The van der Waals surface area contributed by atoms with Crippen LogP contribution in [0.2, 0.25) is 0 Å². The first-order valence-electron chi connectivity index (χ1n) is 6.57. The maximum Gasteiger partial charge on any atom is 0.280 e. The fourth-order valence-electron chi connectivity index (χ4n) is 2.16. The average Bonchev–Trinajstić information content (AvgIpc) is 2.77. The zero-order valence-corrected chi connectivity index (χ0v) is 13.0. The lowest BCUT2D eigenvalue weighted by atomic mass is 10.1. The molecular formula is C17H13BrN2O. The topological polar surface area (TPSA) is 32.7 Å². The fourth-order valence-corrected chi connectivity index (χ4v) is 2.42. The van der Waals surface area contributed by atoms with E-state index in [0.29, 0.717) is 5.57 Å². The molecule has 0 aliphatic carbocycles. The van der Waals surface area contributed by atoms with E-state index in [1.807, 2.05) is 67.6 Å². The molecule has 1 aliphatic heterocycles. The van der Waals surface area contributed by atoms with Crippen LogP contribution in [0, 0.1) is 0 Å². The lowest BCUT2D eigenvalue weighted by Crippen LogP contribution is -2.21. The number of carbonyl (C=O) groups is 1. The molecule has 1 aliphatic rings. The molecule has 1 amide bonds. The monoisotopic (exact) mass is 340 g/mol. The molecule has 0 unspecified atom stereocenters. The first kappa shape index (κ1) is 13.8. The van der Waals surface area contributed by atoms with Gasteiger partial charge in [-0.2, -0.15) is 10.1 Å². The molecule has 0 radical (unpaired) electrons. The van der Waals surface area contributed by atoms with E-state index in [-0.39, 0.29) is 5.91 Å². The van der Waals surface area contributed by atoms with Crippen LogP contribution in [-0.4, -0.2) is 11.6 Å². The molecule has 0 aromatic heterocycles. The largest absolute Gasteiger partial charge is 0.280 e. The Labute approximate surface area is 131 Å². The Hall–Kier alpha value is -2.20. The van der Waals surface area contributed by atoms with Gasteiger partial charge in [0.1, 0.15) is 0 Å². The zero-order chi connectivity index (χ0) is 14.8. The van der Waals surface area contributed by atoms with E-state index in [1.165, 1.54) is 5.01 Å². The standard InChI is InChI=1S/C17H13BrN2O/c1-12-16(11-13-5-3-2-4-6-13)17(21)20(19-12)15-9-7-14(18)8-10-15/h2-11H,1H3/b16-11-. The molecule has 3 nitrogen and oxygen atoms in total. The van der Waals surface area contributed by atoms with Gasteiger partial charge in [0.25, 0.3) is 5.91 Å². The van der Waals surface area contributed by atoms with E-state index in [2.05, 4.69) is 21.0 Å². The van der Waals surface area contributed by atoms with Crippen molar-refractivity contribution in [3.05, 3.63) is 70.2 Å². The van der Waals surface area contributed by atoms with Crippen molar-refractivity contribution in [1.29, 1.82) is 0 Å². The van der Waals surface area contributed by atoms with E-state index in [9.17, 15) is 4.79 Å². The van der Waals surface area contributed by atoms with E-state index >= 15 is 0 Å². The van der Waals surface area contributed by atoms with Crippen molar-refractivity contribution in [3.8, 4) is 0 Å². The number of carbonyl (C=O) groups excluding carboxylic acids is 1. The molecule has 1 heterocycles. The fraction of sp³-hybridized carbons (Fsp3) is 0.0588. The Morgan fingerprint density at radius 2 is 1.71 bits per heavy atom. The molecular weight excluding hydrogens is 328 g/mol. The van der Waals surface area contributed by atoms with Crippen LogP contribution in [0.25, 0.3) is 6.08 Å². The minimum atomic E-state index is -0.0984. The van der Waals surface area contributed by atoms with Crippen LogP contribution in [0.3, 0.4) is 0 Å². The number of hydrogen-bond acceptors (Lipinski definition) is 2. The third kappa shape index (κ3) is 2.81. The summed E-state index contributed by atoms with van der Waals surface area (Å²) in [5.41, 5.74) is 3.11. The smallest absolute Gasteiger partial charge is 0.267 e. The predicted molar refractivity (Wildman–Crippen MR) is 89.2 cm³/mol. The van der Waals surface area contributed by atoms with Crippen LogP contribution in [-0.2, 0) is 4.79 Å². The molecule has 0 fully saturated rings. The normalized spacial score (nSPS) is 16.5. The first-order chi connectivity index (χ1) is 10.1. The number of hydrazone groups is 1. The van der Waals surface area contributed by atoms with E-state index in [0.717, 1.165) is 21.4 Å². The number of amides is 1. The van der Waals surface area contributed by atoms with Crippen LogP contribution in [0.1, 0.15) is 12.5 Å². The van der Waals surface area contributed by atoms with Crippen molar-refractivity contribution in [1.82, 2.24) is 0 Å². The molecule has 0 atom stereocenters. The van der Waals surface area contributed by atoms with Gasteiger partial charge in [0, 0.05) is 4.47 Å². The van der Waals surface area contributed by atoms with Gasteiger partial charge in [-0.05, 0) is 42.8 Å². The Morgan fingerprint density at radius 1 is 1.05 bits per heavy atom. The molecule has 4 heteroatoms. The van der Waals surface area contributed by atoms with Gasteiger partial charge in [0.05, 0.1) is 17.0 Å². The van der Waals surface area contributed by atoms with E-state index < -0.39 is 0 Å². The van der Waals surface area contributed by atoms with Gasteiger partial charge in [-0.1, -0.05) is 46.3 Å². The second-order valence-corrected chi connectivity index (χ2v) is 5.66. The van der Waals surface area contributed by atoms with Crippen LogP contribution < -0.4 is 5.01 Å². The summed E-state index contributed by atoms with van der Waals surface area (Å²) in [7, 11) is 0. The number of benzene rings is 2. The maximum atomic E-state index is 12.5. The van der Waals surface area contributed by atoms with Gasteiger partial charge < -0.3 is 0 Å². The second kappa shape index (κ2) is 5.66. The Bertz CT molecular complexity index is 733. The summed E-state index contributed by atoms with van der Waals surface area (Å²) in [4.78, 5) is 12.5. The molecule has 2 aromatic carbocycles. The quantitative estimate of drug-likeness (QED) is 0.752. The van der Waals surface area contributed by atoms with E-state index in [1.54, 1.807) is 0 Å². The van der Waals surface area contributed by atoms with Gasteiger partial charge >= 0.3 is 0 Å². The summed E-state index contributed by atoms with van der Waals surface area (Å²) in [6, 6.07) is 17.3. The molecule has 2 aromatic rings. The van der Waals surface area contributed by atoms with Crippen molar-refractivity contribution in [3.63, 3.8) is 0 Å². The molecule has 104 valence electrons. The number of anilines is 1. The summed E-state index contributed by atoms with van der Waals surface area (Å²) in [6.07, 6.45) is 1.88. The lowest BCUT2D eigenvalue weighted by Gasteiger charge is -2.11.